The number of nitrogens with one attached hydrogen (secondary N) is 2. The van der Waals surface area contributed by atoms with Gasteiger partial charge in [-0.05, 0) is 27.2 Å². The Balaban J connectivity index is 1.55. The van der Waals surface area contributed by atoms with Crippen molar-refractivity contribution in [3.8, 4) is 17.1 Å². The highest BCUT2D eigenvalue weighted by Gasteiger charge is 2.32. The van der Waals surface area contributed by atoms with Gasteiger partial charge in [-0.1, -0.05) is 30.9 Å². The lowest BCUT2D eigenvalue weighted by molar-refractivity contribution is -0.134. The molecule has 0 saturated carbocycles. The fraction of sp³-hybridized carbons (Fsp3) is 0.355. The third-order valence-corrected chi connectivity index (χ3v) is 8.05. The van der Waals surface area contributed by atoms with Crippen molar-refractivity contribution in [1.29, 1.82) is 0 Å². The number of H-pyrrole nitrogens is 1. The molecule has 0 atom stereocenters. The van der Waals surface area contributed by atoms with Crippen molar-refractivity contribution in [2.75, 3.05) is 39.9 Å². The molecule has 12 nitrogen and oxygen atoms in total. The van der Waals surface area contributed by atoms with E-state index in [9.17, 15) is 24.3 Å². The minimum atomic E-state index is -0.725. The topological polar surface area (TPSA) is 158 Å². The van der Waals surface area contributed by atoms with Gasteiger partial charge in [-0.3, -0.25) is 19.2 Å². The van der Waals surface area contributed by atoms with Gasteiger partial charge in [0.15, 0.2) is 5.01 Å². The van der Waals surface area contributed by atoms with Crippen LogP contribution in [-0.4, -0.2) is 98.8 Å². The fourth-order valence-corrected chi connectivity index (χ4v) is 5.59. The van der Waals surface area contributed by atoms with Crippen molar-refractivity contribution in [1.82, 2.24) is 30.1 Å². The van der Waals surface area contributed by atoms with Gasteiger partial charge in [0.25, 0.3) is 23.5 Å². The van der Waals surface area contributed by atoms with Crippen LogP contribution in [0.1, 0.15) is 47.4 Å². The molecule has 0 bridgehead atoms. The number of thiazole rings is 1. The van der Waals surface area contributed by atoms with E-state index < -0.39 is 17.2 Å². The highest BCUT2D eigenvalue weighted by atomic mass is 32.1. The zero-order valence-corrected chi connectivity index (χ0v) is 26.0. The number of allylic oxidation sites excluding steroid dienone is 3. The van der Waals surface area contributed by atoms with E-state index in [-0.39, 0.29) is 55.2 Å². The van der Waals surface area contributed by atoms with Crippen LogP contribution in [0.15, 0.2) is 54.2 Å². The summed E-state index contributed by atoms with van der Waals surface area (Å²) < 4.78 is 5.49. The van der Waals surface area contributed by atoms with Crippen LogP contribution >= 0.6 is 11.3 Å². The second kappa shape index (κ2) is 13.8. The Bertz CT molecular complexity index is 1640. The fourth-order valence-electron chi connectivity index (χ4n) is 4.89. The highest BCUT2D eigenvalue weighted by Crippen LogP contribution is 2.35. The number of aromatic amines is 1. The van der Waals surface area contributed by atoms with Gasteiger partial charge in [-0.2, -0.15) is 0 Å². The van der Waals surface area contributed by atoms with Crippen LogP contribution in [0, 0.1) is 0 Å². The van der Waals surface area contributed by atoms with Crippen LogP contribution in [0.2, 0.25) is 0 Å². The van der Waals surface area contributed by atoms with E-state index in [2.05, 4.69) is 26.8 Å². The molecule has 0 aromatic carbocycles. The van der Waals surface area contributed by atoms with Crippen molar-refractivity contribution in [3.63, 3.8) is 0 Å². The number of nitrogens with zero attached hydrogens (tertiary/aromatic N) is 4. The lowest BCUT2D eigenvalue weighted by Crippen LogP contribution is -2.52. The van der Waals surface area contributed by atoms with E-state index in [1.54, 1.807) is 34.6 Å². The number of ether oxygens (including phenoxy) is 1. The molecule has 0 radical (unpaired) electrons. The number of Topliss-reactive ketones (excluding diaryl/α,β-unsaturated/α-hetero) is 1. The number of aromatic nitrogens is 3. The molecule has 3 N–H and O–H groups in total. The largest absolute Gasteiger partial charge is 0.494 e. The van der Waals surface area contributed by atoms with Gasteiger partial charge in [0.1, 0.15) is 17.1 Å². The van der Waals surface area contributed by atoms with E-state index >= 15 is 0 Å². The summed E-state index contributed by atoms with van der Waals surface area (Å²) in [4.78, 5) is 67.6. The van der Waals surface area contributed by atoms with Crippen LogP contribution in [0.3, 0.4) is 0 Å². The summed E-state index contributed by atoms with van der Waals surface area (Å²) >= 11 is 1.14. The molecule has 0 aliphatic carbocycles. The first-order chi connectivity index (χ1) is 21.0. The summed E-state index contributed by atoms with van der Waals surface area (Å²) in [6.45, 7) is 10.0. The third kappa shape index (κ3) is 6.79. The van der Waals surface area contributed by atoms with Crippen molar-refractivity contribution in [2.45, 2.75) is 32.7 Å². The molecule has 3 aromatic heterocycles. The number of piperazine rings is 1. The van der Waals surface area contributed by atoms with Crippen molar-refractivity contribution in [2.24, 2.45) is 0 Å². The minimum Gasteiger partial charge on any atom is -0.494 e. The molecule has 4 heterocycles. The molecule has 0 spiro atoms. The van der Waals surface area contributed by atoms with Gasteiger partial charge >= 0.3 is 0 Å². The number of aliphatic hydroxyl groups is 1. The number of rotatable bonds is 11. The number of pyridine rings is 1. The lowest BCUT2D eigenvalue weighted by Gasteiger charge is -2.34. The molecular weight excluding hydrogens is 584 g/mol. The normalized spacial score (nSPS) is 14.2. The molecule has 3 amide bonds. The highest BCUT2D eigenvalue weighted by molar-refractivity contribution is 7.12. The Morgan fingerprint density at radius 2 is 1.86 bits per heavy atom. The molecule has 0 unspecified atom stereocenters. The first-order valence-corrected chi connectivity index (χ1v) is 14.9. The summed E-state index contributed by atoms with van der Waals surface area (Å²) in [6.07, 6.45) is 9.94. The average molecular weight is 621 g/mol. The average Bonchev–Trinajstić information content (AvgIpc) is 3.68. The van der Waals surface area contributed by atoms with E-state index in [1.165, 1.54) is 24.4 Å². The van der Waals surface area contributed by atoms with Crippen LogP contribution in [0.5, 0.6) is 5.75 Å². The molecule has 13 heteroatoms. The summed E-state index contributed by atoms with van der Waals surface area (Å²) in [6, 6.07) is 0. The number of hydrogen-bond acceptors (Lipinski definition) is 9. The van der Waals surface area contributed by atoms with Gasteiger partial charge in [0.05, 0.1) is 29.8 Å². The van der Waals surface area contributed by atoms with Crippen LogP contribution in [0.4, 0.5) is 0 Å². The number of hydrogen-bond donors (Lipinski definition) is 3. The van der Waals surface area contributed by atoms with Crippen LogP contribution in [0.25, 0.3) is 22.3 Å². The number of aliphatic hydroxyl groups excluding tert-OH is 1. The molecular formula is C31H36N6O6S. The maximum atomic E-state index is 13.5. The number of carbonyl (C=O) groups is 4. The summed E-state index contributed by atoms with van der Waals surface area (Å²) in [7, 11) is 1.44. The molecule has 44 heavy (non-hydrogen) atoms. The predicted octanol–water partition coefficient (Wildman–Crippen LogP) is 3.13. The van der Waals surface area contributed by atoms with Crippen molar-refractivity contribution in [3.05, 3.63) is 64.8 Å². The Morgan fingerprint density at radius 3 is 2.48 bits per heavy atom. The quantitative estimate of drug-likeness (QED) is 0.128. The number of methoxy groups -OCH3 is 1. The minimum absolute atomic E-state index is 0.0676. The van der Waals surface area contributed by atoms with Crippen LogP contribution in [-0.2, 0) is 9.59 Å². The van der Waals surface area contributed by atoms with Gasteiger partial charge in [0, 0.05) is 55.5 Å². The zero-order valence-electron chi connectivity index (χ0n) is 25.2. The molecule has 1 aliphatic heterocycles. The number of fused-ring (bicyclic) bond motifs is 1. The number of amides is 3. The second-order valence-electron chi connectivity index (χ2n) is 10.7. The van der Waals surface area contributed by atoms with Gasteiger partial charge in [-0.15, -0.1) is 11.3 Å². The predicted molar refractivity (Wildman–Crippen MR) is 168 cm³/mol. The monoisotopic (exact) mass is 620 g/mol. The first kappa shape index (κ1) is 32.3. The SMILES string of the molecule is C=C/C=C(\C=C/C)C(=O)N1CCN(C(=O)C(=O)c2c[nH]c3c(-c4csc(C(=O)NC(C)(C)CCO)n4)ncc(OC)c23)CC1. The Morgan fingerprint density at radius 1 is 1.18 bits per heavy atom. The molecule has 3 aromatic rings. The number of carbonyl (C=O) groups excluding carboxylic acids is 4. The van der Waals surface area contributed by atoms with Gasteiger partial charge < -0.3 is 29.9 Å². The molecule has 1 saturated heterocycles. The Kier molecular flexibility index (Phi) is 10.1. The van der Waals surface area contributed by atoms with Crippen molar-refractivity contribution < 1.29 is 29.0 Å². The molecule has 1 fully saturated rings. The maximum absolute atomic E-state index is 13.5. The molecule has 4 rings (SSSR count). The standard InChI is InChI=1S/C31H36N6O6S/c1-6-8-19(9-7-2)29(41)36-11-13-37(14-12-36)30(42)26(39)20-16-32-25-23(20)22(43-5)17-33-24(25)21-18-44-28(34-21)27(40)35-31(3,4)10-15-38/h6-9,16-18,32,38H,1,10-15H2,2-5H3,(H,35,40)/b9-7-,19-8+. The lowest BCUT2D eigenvalue weighted by atomic mass is 10.0. The first-order valence-electron chi connectivity index (χ1n) is 14.1. The zero-order chi connectivity index (χ0) is 32.0. The van der Waals surface area contributed by atoms with Gasteiger partial charge in [-0.25, -0.2) is 9.97 Å². The van der Waals surface area contributed by atoms with E-state index in [0.717, 1.165) is 11.3 Å². The van der Waals surface area contributed by atoms with Crippen molar-refractivity contribution >= 4 is 45.7 Å². The summed E-state index contributed by atoms with van der Waals surface area (Å²) in [5.74, 6) is -1.67. The Labute approximate surface area is 259 Å². The smallest absolute Gasteiger partial charge is 0.295 e. The molecule has 232 valence electrons. The van der Waals surface area contributed by atoms with E-state index in [0.29, 0.717) is 40.0 Å². The van der Waals surface area contributed by atoms with Gasteiger partial charge in [0.2, 0.25) is 0 Å². The maximum Gasteiger partial charge on any atom is 0.295 e. The molecule has 1 aliphatic rings. The third-order valence-electron chi connectivity index (χ3n) is 7.21. The second-order valence-corrected chi connectivity index (χ2v) is 11.6. The van der Waals surface area contributed by atoms with E-state index in [1.807, 2.05) is 20.8 Å². The van der Waals surface area contributed by atoms with E-state index in [4.69, 9.17) is 4.74 Å². The number of ketones is 1. The summed E-state index contributed by atoms with van der Waals surface area (Å²) in [5, 5.41) is 14.4. The van der Waals surface area contributed by atoms with Crippen LogP contribution < -0.4 is 10.1 Å². The summed E-state index contributed by atoms with van der Waals surface area (Å²) in [5.41, 5.74) is 1.21. The Hall–Kier alpha value is -4.62.